The minimum Gasteiger partial charge on any atom is -0.508 e. The van der Waals surface area contributed by atoms with Crippen molar-refractivity contribution in [2.45, 2.75) is 19.1 Å². The molecule has 1 amide bonds. The molecular weight excluding hydrogens is 447 g/mol. The van der Waals surface area contributed by atoms with Crippen LogP contribution in [0.25, 0.3) is 0 Å². The summed E-state index contributed by atoms with van der Waals surface area (Å²) >= 11 is 0. The minimum absolute atomic E-state index is 0.0308. The first-order chi connectivity index (χ1) is 16.2. The minimum atomic E-state index is -1.30. The lowest BCUT2D eigenvalue weighted by molar-refractivity contribution is -0.0787. The Balaban J connectivity index is 1.44. The number of β-amino-alcohol motifs (C(OH)–C–C–N with tert-alkyl or cyclic N) is 1. The number of amides is 1. The molecule has 34 heavy (non-hydrogen) atoms. The van der Waals surface area contributed by atoms with Crippen LogP contribution < -0.4 is 10.6 Å². The van der Waals surface area contributed by atoms with E-state index in [0.717, 1.165) is 12.1 Å². The van der Waals surface area contributed by atoms with Crippen molar-refractivity contribution in [1.82, 2.24) is 10.2 Å². The van der Waals surface area contributed by atoms with Crippen molar-refractivity contribution >= 4 is 17.3 Å². The summed E-state index contributed by atoms with van der Waals surface area (Å²) in [6, 6.07) is 13.0. The van der Waals surface area contributed by atoms with Gasteiger partial charge in [0.1, 0.15) is 17.2 Å². The van der Waals surface area contributed by atoms with Gasteiger partial charge in [-0.3, -0.25) is 4.79 Å². The van der Waals surface area contributed by atoms with E-state index in [2.05, 4.69) is 10.6 Å². The molecular formula is C25H24F3N3O3. The molecule has 1 aliphatic heterocycles. The van der Waals surface area contributed by atoms with Gasteiger partial charge in [-0.05, 0) is 42.8 Å². The number of aryl methyl sites for hydroxylation is 1. The molecule has 0 saturated carbocycles. The molecule has 178 valence electrons. The van der Waals surface area contributed by atoms with Gasteiger partial charge in [-0.2, -0.15) is 0 Å². The average molecular weight is 471 g/mol. The van der Waals surface area contributed by atoms with Gasteiger partial charge in [0.05, 0.1) is 30.0 Å². The maximum Gasteiger partial charge on any atom is 0.256 e. The molecule has 3 aromatic carbocycles. The van der Waals surface area contributed by atoms with Crippen LogP contribution in [0.5, 0.6) is 5.75 Å². The number of nitrogens with one attached hydrogen (secondary N) is 2. The van der Waals surface area contributed by atoms with E-state index in [1.165, 1.54) is 17.0 Å². The molecule has 6 nitrogen and oxygen atoms in total. The Labute approximate surface area is 194 Å². The van der Waals surface area contributed by atoms with Crippen LogP contribution in [0.15, 0.2) is 54.6 Å². The second kappa shape index (κ2) is 9.36. The summed E-state index contributed by atoms with van der Waals surface area (Å²) in [5, 5.41) is 26.0. The highest BCUT2D eigenvalue weighted by Crippen LogP contribution is 2.31. The van der Waals surface area contributed by atoms with Crippen LogP contribution in [-0.4, -0.2) is 46.3 Å². The second-order valence-electron chi connectivity index (χ2n) is 8.51. The van der Waals surface area contributed by atoms with Crippen LogP contribution in [0.2, 0.25) is 0 Å². The lowest BCUT2D eigenvalue weighted by Gasteiger charge is -2.46. The Morgan fingerprint density at radius 2 is 1.79 bits per heavy atom. The van der Waals surface area contributed by atoms with Gasteiger partial charge < -0.3 is 25.7 Å². The van der Waals surface area contributed by atoms with E-state index in [1.807, 2.05) is 0 Å². The number of para-hydroxylation sites is 1. The fourth-order valence-corrected chi connectivity index (χ4v) is 3.89. The molecule has 1 heterocycles. The number of likely N-dealkylation sites (tertiary alicyclic amines) is 1. The average Bonchev–Trinajstić information content (AvgIpc) is 2.77. The number of nitrogens with zero attached hydrogens (tertiary/aromatic N) is 1. The number of rotatable bonds is 7. The Morgan fingerprint density at radius 3 is 2.50 bits per heavy atom. The molecule has 1 fully saturated rings. The van der Waals surface area contributed by atoms with Crippen molar-refractivity contribution in [2.24, 2.45) is 0 Å². The molecule has 0 radical (unpaired) electrons. The van der Waals surface area contributed by atoms with Crippen molar-refractivity contribution in [3.05, 3.63) is 88.7 Å². The molecule has 3 aromatic rings. The third-order valence-corrected chi connectivity index (χ3v) is 5.73. The number of aliphatic hydroxyl groups is 1. The van der Waals surface area contributed by atoms with Crippen molar-refractivity contribution < 1.29 is 28.2 Å². The van der Waals surface area contributed by atoms with E-state index >= 15 is 0 Å². The third-order valence-electron chi connectivity index (χ3n) is 5.73. The number of benzene rings is 3. The molecule has 4 rings (SSSR count). The summed E-state index contributed by atoms with van der Waals surface area (Å²) < 4.78 is 42.8. The second-order valence-corrected chi connectivity index (χ2v) is 8.51. The van der Waals surface area contributed by atoms with E-state index in [9.17, 15) is 28.2 Å². The predicted octanol–water partition coefficient (Wildman–Crippen LogP) is 3.84. The first-order valence-corrected chi connectivity index (χ1v) is 10.7. The Bertz CT molecular complexity index is 1230. The highest BCUT2D eigenvalue weighted by atomic mass is 19.2. The van der Waals surface area contributed by atoms with E-state index in [1.54, 1.807) is 37.3 Å². The lowest BCUT2D eigenvalue weighted by atomic mass is 9.92. The van der Waals surface area contributed by atoms with Crippen LogP contribution in [0.4, 0.5) is 24.5 Å². The number of phenols is 1. The van der Waals surface area contributed by atoms with Crippen molar-refractivity contribution in [3.63, 3.8) is 0 Å². The Kier molecular flexibility index (Phi) is 6.49. The number of hydrogen-bond acceptors (Lipinski definition) is 5. The van der Waals surface area contributed by atoms with Crippen molar-refractivity contribution in [3.8, 4) is 5.75 Å². The highest BCUT2D eigenvalue weighted by molar-refractivity contribution is 6.01. The van der Waals surface area contributed by atoms with Crippen molar-refractivity contribution in [2.75, 3.05) is 25.0 Å². The van der Waals surface area contributed by atoms with Gasteiger partial charge >= 0.3 is 0 Å². The van der Waals surface area contributed by atoms with Gasteiger partial charge in [-0.25, -0.2) is 13.2 Å². The molecule has 1 saturated heterocycles. The lowest BCUT2D eigenvalue weighted by Crippen LogP contribution is -2.67. The molecule has 1 aliphatic rings. The van der Waals surface area contributed by atoms with Crippen molar-refractivity contribution in [1.29, 1.82) is 0 Å². The van der Waals surface area contributed by atoms with E-state index in [-0.39, 0.29) is 36.6 Å². The standard InChI is InChI=1S/C25H24F3N3O3/c1-15-6-9-20(19(27)10-15)30-23-17(7-8-18(26)22(23)28)24(33)31-13-25(34,14-31)12-29-11-16-4-2-3-5-21(16)32/h2-10,29-30,32,34H,11-14H2,1H3. The number of carbonyl (C=O) groups excluding carboxylic acids is 1. The zero-order valence-electron chi connectivity index (χ0n) is 18.4. The highest BCUT2D eigenvalue weighted by Gasteiger charge is 2.44. The summed E-state index contributed by atoms with van der Waals surface area (Å²) in [6.07, 6.45) is 0. The summed E-state index contributed by atoms with van der Waals surface area (Å²) in [4.78, 5) is 14.3. The number of aromatic hydroxyl groups is 1. The van der Waals surface area contributed by atoms with Crippen LogP contribution in [0.3, 0.4) is 0 Å². The van der Waals surface area contributed by atoms with Crippen LogP contribution in [0.1, 0.15) is 21.5 Å². The van der Waals surface area contributed by atoms with Crippen LogP contribution in [-0.2, 0) is 6.54 Å². The summed E-state index contributed by atoms with van der Waals surface area (Å²) in [7, 11) is 0. The number of phenolic OH excluding ortho intramolecular Hbond substituents is 1. The van der Waals surface area contributed by atoms with Gasteiger partial charge in [-0.1, -0.05) is 24.3 Å². The number of anilines is 2. The summed E-state index contributed by atoms with van der Waals surface area (Å²) in [5.74, 6) is -3.64. The largest absolute Gasteiger partial charge is 0.508 e. The van der Waals surface area contributed by atoms with E-state index in [4.69, 9.17) is 0 Å². The zero-order valence-corrected chi connectivity index (χ0v) is 18.4. The molecule has 0 aliphatic carbocycles. The molecule has 0 unspecified atom stereocenters. The fraction of sp³-hybridized carbons (Fsp3) is 0.240. The summed E-state index contributed by atoms with van der Waals surface area (Å²) in [6.45, 7) is 2.10. The molecule has 0 aromatic heterocycles. The SMILES string of the molecule is Cc1ccc(Nc2c(C(=O)N3CC(O)(CNCc4ccccc4O)C3)ccc(F)c2F)c(F)c1. The molecule has 0 spiro atoms. The van der Waals surface area contributed by atoms with Crippen LogP contribution >= 0.6 is 0 Å². The number of halogens is 3. The van der Waals surface area contributed by atoms with Gasteiger partial charge in [-0.15, -0.1) is 0 Å². The normalized spacial score (nSPS) is 14.6. The quantitative estimate of drug-likeness (QED) is 0.421. The maximum atomic E-state index is 14.6. The Morgan fingerprint density at radius 1 is 1.06 bits per heavy atom. The fourth-order valence-electron chi connectivity index (χ4n) is 3.89. The number of carbonyl (C=O) groups is 1. The molecule has 0 atom stereocenters. The Hall–Kier alpha value is -3.56. The molecule has 9 heteroatoms. The summed E-state index contributed by atoms with van der Waals surface area (Å²) in [5.41, 5.74) is -0.647. The van der Waals surface area contributed by atoms with Gasteiger partial charge in [0.25, 0.3) is 5.91 Å². The topological polar surface area (TPSA) is 84.8 Å². The van der Waals surface area contributed by atoms with E-state index in [0.29, 0.717) is 17.7 Å². The van der Waals surface area contributed by atoms with E-state index < -0.39 is 34.6 Å². The molecule has 0 bridgehead atoms. The first-order valence-electron chi connectivity index (χ1n) is 10.7. The number of hydrogen-bond donors (Lipinski definition) is 4. The van der Waals surface area contributed by atoms with Gasteiger partial charge in [0.2, 0.25) is 0 Å². The third kappa shape index (κ3) is 4.85. The van der Waals surface area contributed by atoms with Gasteiger partial charge in [0, 0.05) is 18.7 Å². The smallest absolute Gasteiger partial charge is 0.256 e. The molecule has 4 N–H and O–H groups in total. The zero-order chi connectivity index (χ0) is 24.5. The maximum absolute atomic E-state index is 14.6. The monoisotopic (exact) mass is 471 g/mol. The van der Waals surface area contributed by atoms with Gasteiger partial charge in [0.15, 0.2) is 11.6 Å². The predicted molar refractivity (Wildman–Crippen MR) is 121 cm³/mol. The first kappa shape index (κ1) is 23.6. The van der Waals surface area contributed by atoms with Crippen LogP contribution in [0, 0.1) is 24.4 Å².